The van der Waals surface area contributed by atoms with Crippen molar-refractivity contribution in [3.8, 4) is 0 Å². The molecule has 0 radical (unpaired) electrons. The van der Waals surface area contributed by atoms with Crippen LogP contribution in [0.2, 0.25) is 0 Å². The molecule has 0 atom stereocenters. The molecule has 0 aliphatic carbocycles. The normalized spacial score (nSPS) is 13.0. The van der Waals surface area contributed by atoms with E-state index >= 15 is 0 Å². The molecule has 0 bridgehead atoms. The fourth-order valence-electron chi connectivity index (χ4n) is 0.829. The largest absolute Gasteiger partial charge is 0.385 e. The Morgan fingerprint density at radius 2 is 2.12 bits per heavy atom. The predicted molar refractivity (Wildman–Crippen MR) is 55.1 cm³/mol. The summed E-state index contributed by atoms with van der Waals surface area (Å²) in [6, 6.07) is 0. The Hall–Kier alpha value is -1.09. The third-order valence-corrected chi connectivity index (χ3v) is 1.72. The van der Waals surface area contributed by atoms with Gasteiger partial charge in [-0.2, -0.15) is 8.78 Å². The maximum Gasteiger partial charge on any atom is 0.326 e. The van der Waals surface area contributed by atoms with Crippen LogP contribution in [-0.2, 0) is 4.74 Å². The number of nitrogens with zero attached hydrogens (tertiary/aromatic N) is 1. The highest BCUT2D eigenvalue weighted by Crippen LogP contribution is 2.22. The molecule has 0 aromatic rings. The number of halogens is 4. The van der Waals surface area contributed by atoms with E-state index in [2.05, 4.69) is 10.3 Å². The molecule has 0 aromatic heterocycles. The summed E-state index contributed by atoms with van der Waals surface area (Å²) in [5.41, 5.74) is 2.01. The Labute approximate surface area is 96.4 Å². The first kappa shape index (κ1) is 15.9. The lowest BCUT2D eigenvalue weighted by Gasteiger charge is -2.14. The number of rotatable bonds is 7. The fraction of sp³-hybridized carbons (Fsp3) is 0.875. The van der Waals surface area contributed by atoms with E-state index in [1.807, 2.05) is 5.43 Å². The summed E-state index contributed by atoms with van der Waals surface area (Å²) in [5.74, 6) is 0.664. The minimum Gasteiger partial charge on any atom is -0.385 e. The predicted octanol–water partition coefficient (Wildman–Crippen LogP) is 0.332. The Morgan fingerprint density at radius 3 is 2.59 bits per heavy atom. The number of hydrogen-bond donors (Lipinski definition) is 3. The second-order valence-corrected chi connectivity index (χ2v) is 3.14. The van der Waals surface area contributed by atoms with E-state index in [0.717, 1.165) is 0 Å². The lowest BCUT2D eigenvalue weighted by Crippen LogP contribution is -2.43. The Balaban J connectivity index is 4.08. The molecule has 0 aliphatic heterocycles. The van der Waals surface area contributed by atoms with Crippen LogP contribution in [0.3, 0.4) is 0 Å². The molecule has 0 rings (SSSR count). The van der Waals surface area contributed by atoms with E-state index in [9.17, 15) is 17.6 Å². The second-order valence-electron chi connectivity index (χ2n) is 3.14. The number of nitrogens with two attached hydrogens (primary N) is 1. The van der Waals surface area contributed by atoms with Gasteiger partial charge in [-0.25, -0.2) is 19.6 Å². The number of ether oxygens (including phenoxy) is 1. The lowest BCUT2D eigenvalue weighted by atomic mass is 10.3. The van der Waals surface area contributed by atoms with Gasteiger partial charge in [0.1, 0.15) is 6.54 Å². The second kappa shape index (κ2) is 8.07. The van der Waals surface area contributed by atoms with Gasteiger partial charge in [-0.05, 0) is 6.42 Å². The quantitative estimate of drug-likeness (QED) is 0.154. The molecule has 5 nitrogen and oxygen atoms in total. The molecule has 0 saturated heterocycles. The van der Waals surface area contributed by atoms with Crippen molar-refractivity contribution in [3.05, 3.63) is 0 Å². The van der Waals surface area contributed by atoms with Crippen LogP contribution in [0.5, 0.6) is 0 Å². The van der Waals surface area contributed by atoms with E-state index in [4.69, 9.17) is 10.6 Å². The molecule has 0 spiro atoms. The van der Waals surface area contributed by atoms with Crippen LogP contribution in [-0.4, -0.2) is 45.1 Å². The molecule has 17 heavy (non-hydrogen) atoms. The standard InChI is InChI=1S/C8H16F4N4O/c1-17-4-2-3-14-7(16-13)15-5-8(11,12)6(9)10/h6H,2-5,13H2,1H3,(H2,14,15,16). The van der Waals surface area contributed by atoms with Crippen LogP contribution < -0.4 is 16.6 Å². The zero-order chi connectivity index (χ0) is 13.3. The van der Waals surface area contributed by atoms with Crippen molar-refractivity contribution in [2.45, 2.75) is 18.8 Å². The van der Waals surface area contributed by atoms with Gasteiger partial charge in [0.2, 0.25) is 5.96 Å². The zero-order valence-electron chi connectivity index (χ0n) is 9.35. The summed E-state index contributed by atoms with van der Waals surface area (Å²) in [6.45, 7) is -0.489. The minimum absolute atomic E-state index is 0.165. The highest BCUT2D eigenvalue weighted by molar-refractivity contribution is 5.79. The third kappa shape index (κ3) is 6.95. The Bertz CT molecular complexity index is 238. The number of methoxy groups -OCH3 is 1. The molecular weight excluding hydrogens is 244 g/mol. The van der Waals surface area contributed by atoms with E-state index in [1.54, 1.807) is 0 Å². The highest BCUT2D eigenvalue weighted by atomic mass is 19.3. The summed E-state index contributed by atoms with van der Waals surface area (Å²) >= 11 is 0. The monoisotopic (exact) mass is 260 g/mol. The van der Waals surface area contributed by atoms with Crippen LogP contribution in [0.25, 0.3) is 0 Å². The molecule has 9 heteroatoms. The lowest BCUT2D eigenvalue weighted by molar-refractivity contribution is -0.120. The first-order valence-electron chi connectivity index (χ1n) is 4.84. The molecule has 0 amide bonds. The molecule has 0 aromatic carbocycles. The molecule has 0 aliphatic rings. The smallest absolute Gasteiger partial charge is 0.326 e. The summed E-state index contributed by atoms with van der Waals surface area (Å²) in [5, 5.41) is 2.57. The average Bonchev–Trinajstić information content (AvgIpc) is 2.28. The number of aliphatic imine (C=N–C) groups is 1. The summed E-state index contributed by atoms with van der Waals surface area (Å²) in [6.07, 6.45) is -3.15. The highest BCUT2D eigenvalue weighted by Gasteiger charge is 2.40. The van der Waals surface area contributed by atoms with Crippen molar-refractivity contribution in [2.24, 2.45) is 10.8 Å². The topological polar surface area (TPSA) is 71.7 Å². The molecule has 0 heterocycles. The van der Waals surface area contributed by atoms with Crippen LogP contribution >= 0.6 is 0 Å². The van der Waals surface area contributed by atoms with Gasteiger partial charge in [0, 0.05) is 20.3 Å². The van der Waals surface area contributed by atoms with Crippen molar-refractivity contribution < 1.29 is 22.3 Å². The van der Waals surface area contributed by atoms with Crippen molar-refractivity contribution in [1.29, 1.82) is 0 Å². The van der Waals surface area contributed by atoms with Gasteiger partial charge >= 0.3 is 12.3 Å². The van der Waals surface area contributed by atoms with Gasteiger partial charge in [0.05, 0.1) is 0 Å². The van der Waals surface area contributed by atoms with Crippen molar-refractivity contribution in [2.75, 3.05) is 26.8 Å². The van der Waals surface area contributed by atoms with Crippen molar-refractivity contribution >= 4 is 5.96 Å². The fourth-order valence-corrected chi connectivity index (χ4v) is 0.829. The maximum atomic E-state index is 12.5. The number of hydrogen-bond acceptors (Lipinski definition) is 3. The van der Waals surface area contributed by atoms with Gasteiger partial charge in [-0.15, -0.1) is 0 Å². The summed E-state index contributed by atoms with van der Waals surface area (Å²) in [4.78, 5) is 3.23. The molecule has 0 fully saturated rings. The number of guanidine groups is 1. The van der Waals surface area contributed by atoms with E-state index in [0.29, 0.717) is 19.6 Å². The van der Waals surface area contributed by atoms with Crippen molar-refractivity contribution in [1.82, 2.24) is 10.7 Å². The molecule has 0 saturated carbocycles. The van der Waals surface area contributed by atoms with E-state index in [1.165, 1.54) is 7.11 Å². The van der Waals surface area contributed by atoms with Gasteiger partial charge in [-0.3, -0.25) is 5.43 Å². The average molecular weight is 260 g/mol. The third-order valence-electron chi connectivity index (χ3n) is 1.72. The van der Waals surface area contributed by atoms with E-state index in [-0.39, 0.29) is 5.96 Å². The van der Waals surface area contributed by atoms with Crippen LogP contribution in [0.15, 0.2) is 4.99 Å². The SMILES string of the molecule is COCCCNC(=NCC(F)(F)C(F)F)NN. The van der Waals surface area contributed by atoms with Gasteiger partial charge in [-0.1, -0.05) is 0 Å². The molecule has 102 valence electrons. The minimum atomic E-state index is -4.16. The summed E-state index contributed by atoms with van der Waals surface area (Å²) < 4.78 is 53.4. The van der Waals surface area contributed by atoms with Crippen molar-refractivity contribution in [3.63, 3.8) is 0 Å². The Morgan fingerprint density at radius 1 is 1.47 bits per heavy atom. The first-order chi connectivity index (χ1) is 7.94. The summed E-state index contributed by atoms with van der Waals surface area (Å²) in [7, 11) is 1.51. The van der Waals surface area contributed by atoms with E-state index < -0.39 is 18.9 Å². The number of alkyl halides is 4. The van der Waals surface area contributed by atoms with Crippen LogP contribution in [0.4, 0.5) is 17.6 Å². The zero-order valence-corrected chi connectivity index (χ0v) is 9.35. The van der Waals surface area contributed by atoms with Crippen LogP contribution in [0, 0.1) is 0 Å². The van der Waals surface area contributed by atoms with Gasteiger partial charge in [0.15, 0.2) is 0 Å². The van der Waals surface area contributed by atoms with Gasteiger partial charge in [0.25, 0.3) is 0 Å². The maximum absolute atomic E-state index is 12.5. The number of nitrogens with one attached hydrogen (secondary N) is 2. The molecule has 0 unspecified atom stereocenters. The Kier molecular flexibility index (Phi) is 7.55. The molecule has 4 N–H and O–H groups in total. The first-order valence-corrected chi connectivity index (χ1v) is 4.84. The number of hydrazine groups is 1. The van der Waals surface area contributed by atoms with Gasteiger partial charge < -0.3 is 10.1 Å². The van der Waals surface area contributed by atoms with Crippen LogP contribution in [0.1, 0.15) is 6.42 Å². The molecular formula is C8H16F4N4O.